The van der Waals surface area contributed by atoms with Crippen molar-refractivity contribution in [3.05, 3.63) is 70.6 Å². The highest BCUT2D eigenvalue weighted by Gasteiger charge is 2.30. The minimum atomic E-state index is 0.0860. The van der Waals surface area contributed by atoms with Gasteiger partial charge in [-0.3, -0.25) is 9.79 Å². The van der Waals surface area contributed by atoms with Crippen molar-refractivity contribution < 1.29 is 4.79 Å². The van der Waals surface area contributed by atoms with Crippen molar-refractivity contribution in [2.24, 2.45) is 10.9 Å². The first-order valence-electron chi connectivity index (χ1n) is 9.33. The highest BCUT2D eigenvalue weighted by molar-refractivity contribution is 7.13. The number of rotatable bonds is 5. The Morgan fingerprint density at radius 2 is 2.04 bits per heavy atom. The number of ketones is 1. The van der Waals surface area contributed by atoms with Crippen LogP contribution in [-0.4, -0.2) is 11.5 Å². The Morgan fingerprint density at radius 1 is 1.15 bits per heavy atom. The Balaban J connectivity index is 1.40. The third kappa shape index (κ3) is 3.21. The summed E-state index contributed by atoms with van der Waals surface area (Å²) < 4.78 is 0. The van der Waals surface area contributed by atoms with Crippen molar-refractivity contribution in [2.45, 2.75) is 25.7 Å². The van der Waals surface area contributed by atoms with Gasteiger partial charge in [0, 0.05) is 34.7 Å². The zero-order valence-corrected chi connectivity index (χ0v) is 15.8. The number of carbonyl (C=O) groups is 1. The van der Waals surface area contributed by atoms with Crippen LogP contribution in [0.2, 0.25) is 0 Å². The number of benzene rings is 2. The van der Waals surface area contributed by atoms with Gasteiger partial charge in [-0.15, -0.1) is 11.3 Å². The fourth-order valence-electron chi connectivity index (χ4n) is 3.66. The maximum absolute atomic E-state index is 12.9. The predicted molar refractivity (Wildman–Crippen MR) is 112 cm³/mol. The SMILES string of the molecule is Nc1ccc(-c2cccs2)cc1CC(=O)c1ccc2c(c1)N=C(C1CC1)C2. The lowest BCUT2D eigenvalue weighted by Crippen LogP contribution is -2.06. The van der Waals surface area contributed by atoms with E-state index in [1.54, 1.807) is 11.3 Å². The summed E-state index contributed by atoms with van der Waals surface area (Å²) >= 11 is 1.69. The molecular formula is C23H20N2OS. The van der Waals surface area contributed by atoms with Crippen LogP contribution in [0.3, 0.4) is 0 Å². The van der Waals surface area contributed by atoms with Crippen LogP contribution in [0.5, 0.6) is 0 Å². The first-order chi connectivity index (χ1) is 13.2. The lowest BCUT2D eigenvalue weighted by atomic mass is 9.97. The summed E-state index contributed by atoms with van der Waals surface area (Å²) in [6.45, 7) is 0. The summed E-state index contributed by atoms with van der Waals surface area (Å²) in [4.78, 5) is 18.8. The Labute approximate surface area is 162 Å². The fourth-order valence-corrected chi connectivity index (χ4v) is 4.39. The molecule has 1 aliphatic carbocycles. The highest BCUT2D eigenvalue weighted by Crippen LogP contribution is 2.38. The Bertz CT molecular complexity index is 1060. The highest BCUT2D eigenvalue weighted by atomic mass is 32.1. The summed E-state index contributed by atoms with van der Waals surface area (Å²) in [5.74, 6) is 0.763. The zero-order chi connectivity index (χ0) is 18.4. The molecule has 2 aliphatic rings. The molecule has 1 aliphatic heterocycles. The van der Waals surface area contributed by atoms with E-state index < -0.39 is 0 Å². The van der Waals surface area contributed by atoms with E-state index in [1.807, 2.05) is 36.4 Å². The van der Waals surface area contributed by atoms with E-state index in [2.05, 4.69) is 17.5 Å². The van der Waals surface area contributed by atoms with Gasteiger partial charge in [0.2, 0.25) is 0 Å². The van der Waals surface area contributed by atoms with Crippen LogP contribution in [0.25, 0.3) is 10.4 Å². The van der Waals surface area contributed by atoms with Crippen LogP contribution in [0.1, 0.15) is 34.3 Å². The lowest BCUT2D eigenvalue weighted by Gasteiger charge is -2.08. The molecule has 27 heavy (non-hydrogen) atoms. The number of hydrogen-bond acceptors (Lipinski definition) is 4. The zero-order valence-electron chi connectivity index (χ0n) is 14.9. The topological polar surface area (TPSA) is 55.5 Å². The third-order valence-corrected chi connectivity index (χ3v) is 6.31. The van der Waals surface area contributed by atoms with Gasteiger partial charge < -0.3 is 5.73 Å². The van der Waals surface area contributed by atoms with Gasteiger partial charge in [0.05, 0.1) is 5.69 Å². The Hall–Kier alpha value is -2.72. The second-order valence-corrected chi connectivity index (χ2v) is 8.34. The monoisotopic (exact) mass is 372 g/mol. The van der Waals surface area contributed by atoms with Gasteiger partial charge in [-0.1, -0.05) is 24.3 Å². The van der Waals surface area contributed by atoms with Crippen LogP contribution in [0.4, 0.5) is 11.4 Å². The molecule has 0 bridgehead atoms. The number of anilines is 1. The first-order valence-corrected chi connectivity index (χ1v) is 10.2. The average molecular weight is 372 g/mol. The number of carbonyl (C=O) groups excluding carboxylic acids is 1. The molecule has 2 heterocycles. The lowest BCUT2D eigenvalue weighted by molar-refractivity contribution is 0.0993. The number of nitrogens with two attached hydrogens (primary N) is 1. The quantitative estimate of drug-likeness (QED) is 0.477. The number of nitrogens with zero attached hydrogens (tertiary/aromatic N) is 1. The molecule has 1 saturated carbocycles. The number of thiophene rings is 1. The van der Waals surface area contributed by atoms with Gasteiger partial charge in [-0.25, -0.2) is 0 Å². The van der Waals surface area contributed by atoms with E-state index in [1.165, 1.54) is 29.0 Å². The molecule has 0 amide bonds. The van der Waals surface area contributed by atoms with Crippen LogP contribution in [0, 0.1) is 5.92 Å². The van der Waals surface area contributed by atoms with E-state index in [9.17, 15) is 4.79 Å². The summed E-state index contributed by atoms with van der Waals surface area (Å²) in [6.07, 6.45) is 3.78. The van der Waals surface area contributed by atoms with Crippen molar-refractivity contribution in [3.63, 3.8) is 0 Å². The molecule has 0 unspecified atom stereocenters. The molecule has 2 N–H and O–H groups in total. The predicted octanol–water partition coefficient (Wildman–Crippen LogP) is 5.46. The first kappa shape index (κ1) is 16.5. The van der Waals surface area contributed by atoms with Gasteiger partial charge >= 0.3 is 0 Å². The molecule has 1 fully saturated rings. The van der Waals surface area contributed by atoms with Crippen LogP contribution >= 0.6 is 11.3 Å². The molecule has 1 aromatic heterocycles. The molecule has 3 nitrogen and oxygen atoms in total. The standard InChI is InChI=1S/C23H20N2OS/c24-19-8-7-17(23-2-1-9-27-23)10-18(19)13-22(26)16-6-5-15-11-20(14-3-4-14)25-21(15)12-16/h1-2,5-10,12,14H,3-4,11,13,24H2. The summed E-state index contributed by atoms with van der Waals surface area (Å²) in [6, 6.07) is 16.0. The van der Waals surface area contributed by atoms with Gasteiger partial charge in [0.15, 0.2) is 5.78 Å². The Morgan fingerprint density at radius 3 is 2.81 bits per heavy atom. The van der Waals surface area contributed by atoms with Gasteiger partial charge in [-0.05, 0) is 65.1 Å². The van der Waals surface area contributed by atoms with E-state index in [-0.39, 0.29) is 5.78 Å². The molecule has 0 saturated heterocycles. The smallest absolute Gasteiger partial charge is 0.167 e. The van der Waals surface area contributed by atoms with Crippen molar-refractivity contribution in [1.29, 1.82) is 0 Å². The van der Waals surface area contributed by atoms with Crippen LogP contribution in [0.15, 0.2) is 58.9 Å². The second kappa shape index (κ2) is 6.46. The molecule has 5 rings (SSSR count). The molecule has 2 aromatic carbocycles. The van der Waals surface area contributed by atoms with Gasteiger partial charge in [-0.2, -0.15) is 0 Å². The van der Waals surface area contributed by atoms with Crippen LogP contribution in [-0.2, 0) is 12.8 Å². The van der Waals surface area contributed by atoms with Crippen LogP contribution < -0.4 is 5.73 Å². The molecule has 3 aromatic rings. The van der Waals surface area contributed by atoms with E-state index in [0.29, 0.717) is 18.0 Å². The largest absolute Gasteiger partial charge is 0.398 e. The molecule has 134 valence electrons. The van der Waals surface area contributed by atoms with E-state index in [4.69, 9.17) is 10.7 Å². The maximum atomic E-state index is 12.9. The van der Waals surface area contributed by atoms with Crippen molar-refractivity contribution in [2.75, 3.05) is 5.73 Å². The van der Waals surface area contributed by atoms with E-state index >= 15 is 0 Å². The number of fused-ring (bicyclic) bond motifs is 1. The molecule has 0 atom stereocenters. The summed E-state index contributed by atoms with van der Waals surface area (Å²) in [5, 5.41) is 2.05. The van der Waals surface area contributed by atoms with Gasteiger partial charge in [0.1, 0.15) is 0 Å². The molecule has 0 radical (unpaired) electrons. The summed E-state index contributed by atoms with van der Waals surface area (Å²) in [7, 11) is 0. The van der Waals surface area contributed by atoms with Gasteiger partial charge in [0.25, 0.3) is 0 Å². The maximum Gasteiger partial charge on any atom is 0.167 e. The van der Waals surface area contributed by atoms with Crippen molar-refractivity contribution >= 4 is 34.2 Å². The molecule has 4 heteroatoms. The average Bonchev–Trinajstić information content (AvgIpc) is 3.21. The summed E-state index contributed by atoms with van der Waals surface area (Å²) in [5.41, 5.74) is 13.0. The Kier molecular flexibility index (Phi) is 3.94. The molecular weight excluding hydrogens is 352 g/mol. The number of Topliss-reactive ketones (excluding diaryl/α,β-unsaturated/α-hetero) is 1. The number of hydrogen-bond donors (Lipinski definition) is 1. The number of nitrogen functional groups attached to an aromatic ring is 1. The van der Waals surface area contributed by atoms with E-state index in [0.717, 1.165) is 28.8 Å². The molecule has 0 spiro atoms. The number of aliphatic imine (C=N–C) groups is 1. The minimum Gasteiger partial charge on any atom is -0.398 e. The minimum absolute atomic E-state index is 0.0860. The third-order valence-electron chi connectivity index (χ3n) is 5.39. The second-order valence-electron chi connectivity index (χ2n) is 7.39. The fraction of sp³-hybridized carbons (Fsp3) is 0.217. The van der Waals surface area contributed by atoms with Crippen molar-refractivity contribution in [1.82, 2.24) is 0 Å². The normalized spacial score (nSPS) is 15.5. The van der Waals surface area contributed by atoms with Crippen molar-refractivity contribution in [3.8, 4) is 10.4 Å².